The van der Waals surface area contributed by atoms with E-state index in [1.807, 2.05) is 18.7 Å². The van der Waals surface area contributed by atoms with E-state index in [1.54, 1.807) is 0 Å². The molecule has 0 amide bonds. The number of nitrogens with zero attached hydrogens (tertiary/aromatic N) is 2. The van der Waals surface area contributed by atoms with Crippen molar-refractivity contribution in [2.24, 2.45) is 16.8 Å². The summed E-state index contributed by atoms with van der Waals surface area (Å²) in [6.45, 7) is 5.23. The summed E-state index contributed by atoms with van der Waals surface area (Å²) in [6, 6.07) is 0. The van der Waals surface area contributed by atoms with Gasteiger partial charge in [-0.25, -0.2) is 4.39 Å². The molecule has 0 saturated carbocycles. The third kappa shape index (κ3) is 4.67. The van der Waals surface area contributed by atoms with E-state index >= 15 is 0 Å². The van der Waals surface area contributed by atoms with Crippen molar-refractivity contribution in [3.63, 3.8) is 0 Å². The summed E-state index contributed by atoms with van der Waals surface area (Å²) in [5.74, 6) is 0.147. The average Bonchev–Trinajstić information content (AvgIpc) is 2.15. The first kappa shape index (κ1) is 12.2. The van der Waals surface area contributed by atoms with Gasteiger partial charge in [0.2, 0.25) is 0 Å². The molecule has 0 spiro atoms. The molecule has 1 unspecified atom stereocenters. The highest BCUT2D eigenvalue weighted by Gasteiger charge is 2.11. The highest BCUT2D eigenvalue weighted by Crippen LogP contribution is 1.99. The van der Waals surface area contributed by atoms with E-state index in [9.17, 15) is 4.39 Å². The van der Waals surface area contributed by atoms with Crippen molar-refractivity contribution in [3.8, 4) is 0 Å². The van der Waals surface area contributed by atoms with Gasteiger partial charge < -0.3 is 15.8 Å². The number of rotatable bonds is 6. The molecule has 0 aromatic rings. The maximum absolute atomic E-state index is 12.0. The van der Waals surface area contributed by atoms with Gasteiger partial charge in [-0.05, 0) is 6.54 Å². The summed E-state index contributed by atoms with van der Waals surface area (Å²) >= 11 is 0. The number of alkyl halides is 1. The molecule has 0 aliphatic heterocycles. The first-order chi connectivity index (χ1) is 6.15. The number of hydrogen-bond donors (Lipinski definition) is 2. The molecule has 13 heavy (non-hydrogen) atoms. The third-order valence-corrected chi connectivity index (χ3v) is 2.00. The van der Waals surface area contributed by atoms with Crippen LogP contribution in [0, 0.1) is 5.92 Å². The van der Waals surface area contributed by atoms with Crippen LogP contribution < -0.4 is 5.73 Å². The van der Waals surface area contributed by atoms with Crippen LogP contribution in [0.15, 0.2) is 5.16 Å². The fourth-order valence-corrected chi connectivity index (χ4v) is 1.08. The standard InChI is InChI=1S/C8H18FN3O/c1-3-12(5-4-9)6-7(2)8(10)11-13/h7,13H,3-6H2,1-2H3,(H2,10,11). The van der Waals surface area contributed by atoms with Crippen molar-refractivity contribution in [1.82, 2.24) is 4.90 Å². The molecular weight excluding hydrogens is 173 g/mol. The predicted molar refractivity (Wildman–Crippen MR) is 50.7 cm³/mol. The van der Waals surface area contributed by atoms with Gasteiger partial charge >= 0.3 is 0 Å². The third-order valence-electron chi connectivity index (χ3n) is 2.00. The lowest BCUT2D eigenvalue weighted by atomic mass is 10.1. The minimum atomic E-state index is -0.364. The normalized spacial score (nSPS) is 14.9. The summed E-state index contributed by atoms with van der Waals surface area (Å²) in [4.78, 5) is 1.92. The molecule has 1 atom stereocenters. The van der Waals surface area contributed by atoms with E-state index in [4.69, 9.17) is 10.9 Å². The summed E-state index contributed by atoms with van der Waals surface area (Å²) in [5, 5.41) is 11.3. The lowest BCUT2D eigenvalue weighted by Gasteiger charge is -2.22. The van der Waals surface area contributed by atoms with Crippen LogP contribution in [-0.2, 0) is 0 Å². The van der Waals surface area contributed by atoms with Crippen LogP contribution in [0.3, 0.4) is 0 Å². The molecule has 0 aromatic heterocycles. The molecule has 0 saturated heterocycles. The van der Waals surface area contributed by atoms with Crippen LogP contribution in [0.1, 0.15) is 13.8 Å². The van der Waals surface area contributed by atoms with Crippen molar-refractivity contribution in [1.29, 1.82) is 0 Å². The number of amidine groups is 1. The van der Waals surface area contributed by atoms with Gasteiger partial charge in [-0.3, -0.25) is 0 Å². The zero-order valence-electron chi connectivity index (χ0n) is 8.20. The fraction of sp³-hybridized carbons (Fsp3) is 0.875. The first-order valence-electron chi connectivity index (χ1n) is 4.41. The number of hydrogen-bond acceptors (Lipinski definition) is 3. The van der Waals surface area contributed by atoms with Crippen LogP contribution >= 0.6 is 0 Å². The molecule has 0 aromatic carbocycles. The van der Waals surface area contributed by atoms with Crippen LogP contribution in [0.4, 0.5) is 4.39 Å². The van der Waals surface area contributed by atoms with Gasteiger partial charge in [0.1, 0.15) is 12.5 Å². The van der Waals surface area contributed by atoms with Crippen molar-refractivity contribution in [2.75, 3.05) is 26.3 Å². The zero-order chi connectivity index (χ0) is 10.3. The Morgan fingerprint density at radius 3 is 2.69 bits per heavy atom. The Morgan fingerprint density at radius 2 is 2.31 bits per heavy atom. The lowest BCUT2D eigenvalue weighted by Crippen LogP contribution is -2.36. The summed E-state index contributed by atoms with van der Waals surface area (Å²) in [5.41, 5.74) is 5.40. The Balaban J connectivity index is 3.92. The molecule has 0 radical (unpaired) electrons. The molecule has 4 nitrogen and oxygen atoms in total. The first-order valence-corrected chi connectivity index (χ1v) is 4.41. The maximum Gasteiger partial charge on any atom is 0.143 e. The molecule has 0 bridgehead atoms. The Hall–Kier alpha value is -0.840. The van der Waals surface area contributed by atoms with Crippen molar-refractivity contribution >= 4 is 5.84 Å². The number of halogens is 1. The second-order valence-electron chi connectivity index (χ2n) is 3.01. The van der Waals surface area contributed by atoms with E-state index in [-0.39, 0.29) is 18.4 Å². The van der Waals surface area contributed by atoms with Gasteiger partial charge in [0.15, 0.2) is 0 Å². The highest BCUT2D eigenvalue weighted by molar-refractivity contribution is 5.82. The molecule has 3 N–H and O–H groups in total. The molecule has 0 rings (SSSR count). The molecule has 0 aliphatic rings. The molecular formula is C8H18FN3O. The van der Waals surface area contributed by atoms with E-state index in [1.165, 1.54) is 0 Å². The van der Waals surface area contributed by atoms with Crippen molar-refractivity contribution in [2.45, 2.75) is 13.8 Å². The van der Waals surface area contributed by atoms with Gasteiger partial charge in [-0.1, -0.05) is 19.0 Å². The minimum absolute atomic E-state index is 0.0449. The molecule has 0 heterocycles. The maximum atomic E-state index is 12.0. The van der Waals surface area contributed by atoms with Crippen LogP contribution in [0.5, 0.6) is 0 Å². The summed E-state index contributed by atoms with van der Waals surface area (Å²) in [6.07, 6.45) is 0. The fourth-order valence-electron chi connectivity index (χ4n) is 1.08. The predicted octanol–water partition coefficient (Wildman–Crippen LogP) is 0.660. The average molecular weight is 191 g/mol. The second kappa shape index (κ2) is 6.65. The number of oxime groups is 1. The smallest absolute Gasteiger partial charge is 0.143 e. The highest BCUT2D eigenvalue weighted by atomic mass is 19.1. The Bertz CT molecular complexity index is 163. The topological polar surface area (TPSA) is 61.8 Å². The summed E-state index contributed by atoms with van der Waals surface area (Å²) in [7, 11) is 0. The van der Waals surface area contributed by atoms with Crippen molar-refractivity contribution in [3.05, 3.63) is 0 Å². The van der Waals surface area contributed by atoms with Crippen LogP contribution in [0.25, 0.3) is 0 Å². The van der Waals surface area contributed by atoms with E-state index in [0.29, 0.717) is 13.1 Å². The van der Waals surface area contributed by atoms with Gasteiger partial charge in [0.25, 0.3) is 0 Å². The second-order valence-corrected chi connectivity index (χ2v) is 3.01. The minimum Gasteiger partial charge on any atom is -0.409 e. The van der Waals surface area contributed by atoms with Crippen LogP contribution in [0.2, 0.25) is 0 Å². The largest absolute Gasteiger partial charge is 0.409 e. The van der Waals surface area contributed by atoms with Gasteiger partial charge in [0.05, 0.1) is 0 Å². The van der Waals surface area contributed by atoms with Gasteiger partial charge in [-0.2, -0.15) is 0 Å². The Labute approximate surface area is 78.2 Å². The molecule has 78 valence electrons. The molecule has 0 fully saturated rings. The van der Waals surface area contributed by atoms with E-state index in [0.717, 1.165) is 6.54 Å². The van der Waals surface area contributed by atoms with Gasteiger partial charge in [-0.15, -0.1) is 0 Å². The summed E-state index contributed by atoms with van der Waals surface area (Å²) < 4.78 is 12.0. The SMILES string of the molecule is CCN(CCF)CC(C)C(N)=NO. The van der Waals surface area contributed by atoms with Crippen molar-refractivity contribution < 1.29 is 9.60 Å². The monoisotopic (exact) mass is 191 g/mol. The zero-order valence-corrected chi connectivity index (χ0v) is 8.20. The van der Waals surface area contributed by atoms with E-state index in [2.05, 4.69) is 5.16 Å². The lowest BCUT2D eigenvalue weighted by molar-refractivity contribution is 0.243. The van der Waals surface area contributed by atoms with E-state index < -0.39 is 0 Å². The Morgan fingerprint density at radius 1 is 1.69 bits per heavy atom. The molecule has 5 heteroatoms. The Kier molecular flexibility index (Phi) is 6.22. The van der Waals surface area contributed by atoms with Crippen LogP contribution in [-0.4, -0.2) is 42.3 Å². The van der Waals surface area contributed by atoms with Gasteiger partial charge in [0, 0.05) is 19.0 Å². The molecule has 0 aliphatic carbocycles. The quantitative estimate of drug-likeness (QED) is 0.280. The number of nitrogens with two attached hydrogens (primary N) is 1.